The van der Waals surface area contributed by atoms with Gasteiger partial charge in [0.2, 0.25) is 0 Å². The number of rotatable bonds is 4. The van der Waals surface area contributed by atoms with Gasteiger partial charge in [0.05, 0.1) is 0 Å². The Morgan fingerprint density at radius 3 is 2.65 bits per heavy atom. The fourth-order valence-corrected chi connectivity index (χ4v) is 2.90. The van der Waals surface area contributed by atoms with Crippen molar-refractivity contribution in [3.8, 4) is 0 Å². The molecule has 0 saturated heterocycles. The first-order valence-electron chi connectivity index (χ1n) is 5.92. The minimum Gasteiger partial charge on any atom is -0.361 e. The lowest BCUT2D eigenvalue weighted by molar-refractivity contribution is 0.414. The van der Waals surface area contributed by atoms with Gasteiger partial charge in [0.15, 0.2) is 0 Å². The number of fused-ring (bicyclic) bond motifs is 1. The van der Waals surface area contributed by atoms with Gasteiger partial charge < -0.3 is 9.88 Å². The number of aryl methyl sites for hydroxylation is 1. The van der Waals surface area contributed by atoms with Gasteiger partial charge in [-0.2, -0.15) is 0 Å². The van der Waals surface area contributed by atoms with E-state index in [1.54, 1.807) is 0 Å². The second kappa shape index (κ2) is 5.40. The number of hydrogen-bond acceptors (Lipinski definition) is 1. The maximum absolute atomic E-state index is 3.39. The highest BCUT2D eigenvalue weighted by Crippen LogP contribution is 2.24. The van der Waals surface area contributed by atoms with Crippen LogP contribution in [0.5, 0.6) is 0 Å². The number of benzene rings is 1. The summed E-state index contributed by atoms with van der Waals surface area (Å²) < 4.78 is 1.07. The van der Waals surface area contributed by atoms with Crippen molar-refractivity contribution in [3.63, 3.8) is 0 Å². The molecule has 0 aliphatic carbocycles. The average molecular weight is 342 g/mol. The van der Waals surface area contributed by atoms with Gasteiger partial charge >= 0.3 is 0 Å². The minimum atomic E-state index is 1.07. The highest BCUT2D eigenvalue weighted by molar-refractivity contribution is 14.1. The highest BCUT2D eigenvalue weighted by Gasteiger charge is 2.07. The monoisotopic (exact) mass is 342 g/mol. The van der Waals surface area contributed by atoms with Gasteiger partial charge in [0.25, 0.3) is 0 Å². The molecule has 0 amide bonds. The summed E-state index contributed by atoms with van der Waals surface area (Å²) in [5.74, 6) is 0. The van der Waals surface area contributed by atoms with Crippen molar-refractivity contribution in [1.82, 2.24) is 9.88 Å². The van der Waals surface area contributed by atoms with Gasteiger partial charge in [-0.3, -0.25) is 0 Å². The molecule has 0 radical (unpaired) electrons. The molecule has 92 valence electrons. The Morgan fingerprint density at radius 2 is 2.00 bits per heavy atom. The van der Waals surface area contributed by atoms with Crippen molar-refractivity contribution >= 4 is 33.5 Å². The molecule has 3 heteroatoms. The molecule has 0 unspecified atom stereocenters. The number of alkyl halides is 1. The third kappa shape index (κ3) is 2.83. The Hall–Kier alpha value is -0.550. The van der Waals surface area contributed by atoms with E-state index in [0.717, 1.165) is 17.4 Å². The number of H-pyrrole nitrogens is 1. The van der Waals surface area contributed by atoms with E-state index in [2.05, 4.69) is 71.8 Å². The summed E-state index contributed by atoms with van der Waals surface area (Å²) in [7, 11) is 4.24. The second-order valence-electron chi connectivity index (χ2n) is 4.83. The SMILES string of the molecule is Cc1cc2c(CCN(C)C)c[nH]c2cc1CI. The predicted molar refractivity (Wildman–Crippen MR) is 83.0 cm³/mol. The first-order valence-corrected chi connectivity index (χ1v) is 7.44. The second-order valence-corrected chi connectivity index (χ2v) is 5.59. The number of likely N-dealkylation sites (N-methyl/N-ethyl adjacent to an activating group) is 1. The molecule has 2 rings (SSSR count). The van der Waals surface area contributed by atoms with E-state index in [4.69, 9.17) is 0 Å². The number of aromatic nitrogens is 1. The molecule has 1 aromatic heterocycles. The number of hydrogen-bond donors (Lipinski definition) is 1. The van der Waals surface area contributed by atoms with Gasteiger partial charge in [-0.25, -0.2) is 0 Å². The van der Waals surface area contributed by atoms with Crippen LogP contribution in [0.4, 0.5) is 0 Å². The fourth-order valence-electron chi connectivity index (χ4n) is 2.08. The molecule has 1 heterocycles. The van der Waals surface area contributed by atoms with Crippen LogP contribution < -0.4 is 0 Å². The highest BCUT2D eigenvalue weighted by atomic mass is 127. The summed E-state index contributed by atoms with van der Waals surface area (Å²) >= 11 is 2.42. The lowest BCUT2D eigenvalue weighted by Gasteiger charge is -2.09. The van der Waals surface area contributed by atoms with Crippen LogP contribution in [-0.4, -0.2) is 30.5 Å². The van der Waals surface area contributed by atoms with E-state index in [1.165, 1.54) is 27.6 Å². The number of nitrogens with one attached hydrogen (secondary N) is 1. The molecule has 2 aromatic rings. The van der Waals surface area contributed by atoms with Crippen molar-refractivity contribution in [2.24, 2.45) is 0 Å². The summed E-state index contributed by atoms with van der Waals surface area (Å²) in [5.41, 5.74) is 5.53. The summed E-state index contributed by atoms with van der Waals surface area (Å²) in [5, 5.41) is 1.39. The lowest BCUT2D eigenvalue weighted by atomic mass is 10.0. The molecule has 1 aromatic carbocycles. The number of halogens is 1. The van der Waals surface area contributed by atoms with E-state index in [0.29, 0.717) is 0 Å². The molecular formula is C14H19IN2. The first kappa shape index (κ1) is 12.9. The van der Waals surface area contributed by atoms with Crippen molar-refractivity contribution in [3.05, 3.63) is 35.0 Å². The molecule has 0 aliphatic heterocycles. The molecule has 0 aliphatic rings. The third-order valence-electron chi connectivity index (χ3n) is 3.20. The van der Waals surface area contributed by atoms with Crippen LogP contribution >= 0.6 is 22.6 Å². The predicted octanol–water partition coefficient (Wildman–Crippen LogP) is 3.52. The van der Waals surface area contributed by atoms with E-state index in [9.17, 15) is 0 Å². The summed E-state index contributed by atoms with van der Waals surface area (Å²) in [6, 6.07) is 4.61. The maximum Gasteiger partial charge on any atom is 0.0460 e. The molecule has 0 saturated carbocycles. The topological polar surface area (TPSA) is 19.0 Å². The number of nitrogens with zero attached hydrogens (tertiary/aromatic N) is 1. The van der Waals surface area contributed by atoms with Crippen LogP contribution in [0.2, 0.25) is 0 Å². The first-order chi connectivity index (χ1) is 8.11. The van der Waals surface area contributed by atoms with Crippen molar-refractivity contribution in [2.75, 3.05) is 20.6 Å². The Bertz CT molecular complexity index is 514. The van der Waals surface area contributed by atoms with Crippen LogP contribution in [0.3, 0.4) is 0 Å². The Labute approximate surface area is 117 Å². The van der Waals surface area contributed by atoms with E-state index in [-0.39, 0.29) is 0 Å². The smallest absolute Gasteiger partial charge is 0.0460 e. The zero-order valence-corrected chi connectivity index (χ0v) is 12.8. The van der Waals surface area contributed by atoms with Crippen molar-refractivity contribution in [1.29, 1.82) is 0 Å². The van der Waals surface area contributed by atoms with Crippen LogP contribution in [0.15, 0.2) is 18.3 Å². The molecule has 2 nitrogen and oxygen atoms in total. The van der Waals surface area contributed by atoms with Crippen molar-refractivity contribution in [2.45, 2.75) is 17.8 Å². The largest absolute Gasteiger partial charge is 0.361 e. The van der Waals surface area contributed by atoms with Gasteiger partial charge in [0.1, 0.15) is 0 Å². The van der Waals surface area contributed by atoms with Gasteiger partial charge in [-0.1, -0.05) is 22.6 Å². The molecular weight excluding hydrogens is 323 g/mol. The van der Waals surface area contributed by atoms with Crippen LogP contribution in [0.25, 0.3) is 10.9 Å². The number of aromatic amines is 1. The fraction of sp³-hybridized carbons (Fsp3) is 0.429. The molecule has 0 atom stereocenters. The van der Waals surface area contributed by atoms with Gasteiger partial charge in [0, 0.05) is 28.1 Å². The van der Waals surface area contributed by atoms with Crippen LogP contribution in [-0.2, 0) is 10.8 Å². The normalized spacial score (nSPS) is 11.6. The molecule has 0 bridgehead atoms. The molecule has 0 spiro atoms. The summed E-state index contributed by atoms with van der Waals surface area (Å²) in [4.78, 5) is 5.62. The summed E-state index contributed by atoms with van der Waals surface area (Å²) in [6.07, 6.45) is 3.26. The summed E-state index contributed by atoms with van der Waals surface area (Å²) in [6.45, 7) is 3.30. The van der Waals surface area contributed by atoms with Crippen molar-refractivity contribution < 1.29 is 0 Å². The minimum absolute atomic E-state index is 1.07. The van der Waals surface area contributed by atoms with E-state index in [1.807, 2.05) is 0 Å². The van der Waals surface area contributed by atoms with E-state index < -0.39 is 0 Å². The quantitative estimate of drug-likeness (QED) is 0.665. The van der Waals surface area contributed by atoms with Crippen LogP contribution in [0.1, 0.15) is 16.7 Å². The Balaban J connectivity index is 2.36. The molecule has 0 fully saturated rings. The average Bonchev–Trinajstić information content (AvgIpc) is 2.67. The Kier molecular flexibility index (Phi) is 4.09. The standard InChI is InChI=1S/C14H19IN2/c1-10-6-13-11(4-5-17(2)3)9-16-14(13)7-12(10)8-15/h6-7,9,16H,4-5,8H2,1-3H3. The molecule has 17 heavy (non-hydrogen) atoms. The lowest BCUT2D eigenvalue weighted by Crippen LogP contribution is -2.14. The van der Waals surface area contributed by atoms with Gasteiger partial charge in [-0.05, 0) is 56.3 Å². The van der Waals surface area contributed by atoms with Crippen LogP contribution in [0, 0.1) is 6.92 Å². The van der Waals surface area contributed by atoms with E-state index >= 15 is 0 Å². The van der Waals surface area contributed by atoms with Gasteiger partial charge in [-0.15, -0.1) is 0 Å². The zero-order chi connectivity index (χ0) is 12.4. The maximum atomic E-state index is 3.39. The Morgan fingerprint density at radius 1 is 1.24 bits per heavy atom. The zero-order valence-electron chi connectivity index (χ0n) is 10.7. The third-order valence-corrected chi connectivity index (χ3v) is 4.02. The molecule has 1 N–H and O–H groups in total.